The summed E-state index contributed by atoms with van der Waals surface area (Å²) in [5.41, 5.74) is 3.67. The SMILES string of the molecule is CCCCNCC(CO)Nc1cc(F)c([C@@H]2c3[nH]c4ccccc4c3C[C@@H](C)N2CC(F)(F)CO)c(F)c1.C[C@@H]1Cc2c([nH]c3ccccc23)[C@@H](c2c(F)cc(NC3CC(CCCOC(=O)[C@H](O)[C@@H](O)C(=O)O)C3)cc2F)N1CC(F)(F)CO. The van der Waals surface area contributed by atoms with Crippen LogP contribution in [0, 0.1) is 29.2 Å². The lowest BCUT2D eigenvalue weighted by atomic mass is 9.77. The number of carboxylic acid groups (broad SMARTS) is 1. The molecule has 84 heavy (non-hydrogen) atoms. The standard InChI is InChI=1S/C32H37F4N3O7.C28H36F4N4O2/c1-16-9-21-20-6-2-3-7-24(20)38-26(21)27(39(16)14-32(35,36)15-40)25-22(33)12-19(13-23(25)34)37-18-10-17(11-18)5-4-8-46-31(45)29(42)28(41)30(43)44;1-3-4-9-33-13-19(14-37)34-18-11-22(29)25(23(30)12-18)27-26-21(20-7-5-6-8-24(20)35-26)10-17(2)36(27)15-28(31,32)16-38/h2-3,6-7,12-13,16-18,27-29,37-38,40-42H,4-5,8-11,14-15H2,1H3,(H,43,44);5-8,11-12,17,19,27,33-35,37-38H,3-4,9-10,13-16H2,1-2H3/t16-,17?,18?,27-,28-,29-;17-,19?,27-/m11/s1. The summed E-state index contributed by atoms with van der Waals surface area (Å²) in [4.78, 5) is 31.4. The van der Waals surface area contributed by atoms with Crippen LogP contribution in [0.25, 0.3) is 21.8 Å². The number of esters is 1. The number of alkyl halides is 4. The smallest absolute Gasteiger partial charge is 0.338 e. The largest absolute Gasteiger partial charge is 0.479 e. The lowest BCUT2D eigenvalue weighted by Crippen LogP contribution is -2.49. The Kier molecular flexibility index (Phi) is 20.7. The van der Waals surface area contributed by atoms with Crippen molar-refractivity contribution in [1.82, 2.24) is 25.1 Å². The molecule has 0 radical (unpaired) electrons. The Labute approximate surface area is 480 Å². The van der Waals surface area contributed by atoms with Gasteiger partial charge in [0.05, 0.1) is 44.4 Å². The van der Waals surface area contributed by atoms with Gasteiger partial charge in [-0.05, 0) is 119 Å². The number of rotatable bonds is 25. The van der Waals surface area contributed by atoms with Crippen molar-refractivity contribution in [2.24, 2.45) is 5.92 Å². The van der Waals surface area contributed by atoms with Crippen LogP contribution in [0.5, 0.6) is 0 Å². The van der Waals surface area contributed by atoms with E-state index < -0.39 is 116 Å². The Balaban J connectivity index is 0.000000223. The number of para-hydroxylation sites is 2. The predicted molar refractivity (Wildman–Crippen MR) is 299 cm³/mol. The van der Waals surface area contributed by atoms with E-state index in [0.29, 0.717) is 56.5 Å². The lowest BCUT2D eigenvalue weighted by molar-refractivity contribution is -0.169. The van der Waals surface area contributed by atoms with Crippen LogP contribution in [0.1, 0.15) is 105 Å². The first-order chi connectivity index (χ1) is 40.0. The minimum Gasteiger partial charge on any atom is -0.479 e. The number of nitrogens with one attached hydrogen (secondary N) is 5. The monoisotopic (exact) mass is 1190 g/mol. The van der Waals surface area contributed by atoms with Gasteiger partial charge in [-0.1, -0.05) is 49.7 Å². The van der Waals surface area contributed by atoms with Crippen LogP contribution in [0.15, 0.2) is 72.8 Å². The van der Waals surface area contributed by atoms with Gasteiger partial charge in [-0.25, -0.2) is 44.7 Å². The van der Waals surface area contributed by atoms with E-state index in [1.54, 1.807) is 13.8 Å². The number of aromatic amines is 2. The number of aliphatic hydroxyl groups excluding tert-OH is 5. The second-order valence-corrected chi connectivity index (χ2v) is 22.4. The Bertz CT molecular complexity index is 3190. The van der Waals surface area contributed by atoms with Gasteiger partial charge in [0.15, 0.2) is 12.2 Å². The van der Waals surface area contributed by atoms with Gasteiger partial charge in [-0.2, -0.15) is 0 Å². The number of aliphatic carboxylic acids is 1. The number of hydrogen-bond acceptors (Lipinski definition) is 13. The average Bonchev–Trinajstić information content (AvgIpc) is 2.36. The van der Waals surface area contributed by atoms with Crippen molar-refractivity contribution in [3.8, 4) is 0 Å². The number of H-pyrrole nitrogens is 2. The second-order valence-electron chi connectivity index (χ2n) is 22.4. The number of nitrogens with zero attached hydrogens (tertiary/aromatic N) is 2. The highest BCUT2D eigenvalue weighted by Crippen LogP contribution is 2.46. The number of carboxylic acids is 1. The molecule has 0 amide bonds. The van der Waals surface area contributed by atoms with Crippen molar-refractivity contribution in [2.45, 2.75) is 132 Å². The minimum absolute atomic E-state index is 0.0756. The molecule has 4 heterocycles. The number of hydrogen-bond donors (Lipinski definition) is 11. The van der Waals surface area contributed by atoms with Crippen LogP contribution < -0.4 is 16.0 Å². The molecular formula is C60H73F8N7O9. The number of ether oxygens (including phenoxy) is 1. The highest BCUT2D eigenvalue weighted by atomic mass is 19.3. The molecular weight excluding hydrogens is 1110 g/mol. The van der Waals surface area contributed by atoms with Crippen LogP contribution in [-0.2, 0) is 27.2 Å². The molecule has 24 heteroatoms. The third-order valence-electron chi connectivity index (χ3n) is 16.1. The number of anilines is 2. The van der Waals surface area contributed by atoms with E-state index in [9.17, 15) is 52.7 Å². The van der Waals surface area contributed by atoms with E-state index in [-0.39, 0.29) is 47.7 Å². The van der Waals surface area contributed by atoms with Crippen LogP contribution in [0.3, 0.4) is 0 Å². The Morgan fingerprint density at radius 3 is 1.64 bits per heavy atom. The molecule has 2 aliphatic heterocycles. The Morgan fingerprint density at radius 2 is 1.19 bits per heavy atom. The second kappa shape index (κ2) is 27.3. The number of halogens is 8. The fraction of sp³-hybridized carbons (Fsp3) is 0.500. The molecule has 6 aromatic rings. The van der Waals surface area contributed by atoms with Crippen molar-refractivity contribution in [3.63, 3.8) is 0 Å². The third-order valence-corrected chi connectivity index (χ3v) is 16.1. The van der Waals surface area contributed by atoms with E-state index in [1.165, 1.54) is 9.80 Å². The highest BCUT2D eigenvalue weighted by Gasteiger charge is 2.46. The summed E-state index contributed by atoms with van der Waals surface area (Å²) in [6.07, 6.45) is 0.719. The van der Waals surface area contributed by atoms with Crippen LogP contribution in [0.4, 0.5) is 46.5 Å². The number of unbranched alkanes of at least 4 members (excludes halogenated alkanes) is 1. The number of carbonyl (C=O) groups is 2. The minimum atomic E-state index is -3.49. The quantitative estimate of drug-likeness (QED) is 0.0147. The first-order valence-corrected chi connectivity index (χ1v) is 28.2. The first-order valence-electron chi connectivity index (χ1n) is 28.2. The van der Waals surface area contributed by atoms with Gasteiger partial charge in [0.2, 0.25) is 0 Å². The fourth-order valence-corrected chi connectivity index (χ4v) is 11.8. The molecule has 2 aromatic heterocycles. The van der Waals surface area contributed by atoms with Crippen LogP contribution in [0.2, 0.25) is 0 Å². The molecule has 0 bridgehead atoms. The van der Waals surface area contributed by atoms with E-state index >= 15 is 17.6 Å². The lowest BCUT2D eigenvalue weighted by Gasteiger charge is -2.42. The average molecular weight is 1190 g/mol. The molecule has 1 fully saturated rings. The van der Waals surface area contributed by atoms with Gasteiger partial charge >= 0.3 is 11.9 Å². The van der Waals surface area contributed by atoms with Gasteiger partial charge in [-0.15, -0.1) is 0 Å². The Hall–Kier alpha value is -6.38. The van der Waals surface area contributed by atoms with Crippen molar-refractivity contribution < 1.29 is 80.1 Å². The molecule has 1 aliphatic carbocycles. The number of fused-ring (bicyclic) bond motifs is 6. The first kappa shape index (κ1) is 63.6. The number of aliphatic hydroxyl groups is 5. The summed E-state index contributed by atoms with van der Waals surface area (Å²) in [5, 5.41) is 66.6. The molecule has 11 N–H and O–H groups in total. The molecule has 9 rings (SSSR count). The van der Waals surface area contributed by atoms with Gasteiger partial charge in [-0.3, -0.25) is 9.80 Å². The fourth-order valence-electron chi connectivity index (χ4n) is 11.8. The summed E-state index contributed by atoms with van der Waals surface area (Å²) in [7, 11) is 0. The zero-order chi connectivity index (χ0) is 60.8. The van der Waals surface area contributed by atoms with E-state index in [1.807, 2.05) is 48.5 Å². The molecule has 3 aliphatic rings. The molecule has 4 aromatic carbocycles. The number of aromatic nitrogens is 2. The van der Waals surface area contributed by atoms with Gasteiger partial charge in [0.25, 0.3) is 11.8 Å². The molecule has 458 valence electrons. The van der Waals surface area contributed by atoms with Gasteiger partial charge in [0, 0.05) is 80.4 Å². The molecule has 1 saturated carbocycles. The summed E-state index contributed by atoms with van der Waals surface area (Å²) in [5.74, 6) is -13.2. The topological polar surface area (TPSA) is 239 Å². The van der Waals surface area contributed by atoms with Crippen molar-refractivity contribution >= 4 is 45.1 Å². The predicted octanol–water partition coefficient (Wildman–Crippen LogP) is 8.30. The summed E-state index contributed by atoms with van der Waals surface area (Å²) < 4.78 is 126. The third kappa shape index (κ3) is 14.5. The summed E-state index contributed by atoms with van der Waals surface area (Å²) in [6, 6.07) is 15.5. The van der Waals surface area contributed by atoms with Gasteiger partial charge < -0.3 is 61.3 Å². The van der Waals surface area contributed by atoms with E-state index in [2.05, 4.69) is 32.8 Å². The maximum Gasteiger partial charge on any atom is 0.338 e. The highest BCUT2D eigenvalue weighted by molar-refractivity contribution is 5.87. The van der Waals surface area contributed by atoms with Crippen molar-refractivity contribution in [2.75, 3.05) is 63.2 Å². The summed E-state index contributed by atoms with van der Waals surface area (Å²) >= 11 is 0. The maximum atomic E-state index is 15.9. The Morgan fingerprint density at radius 1 is 0.714 bits per heavy atom. The van der Waals surface area contributed by atoms with Crippen molar-refractivity contribution in [3.05, 3.63) is 130 Å². The van der Waals surface area contributed by atoms with Crippen LogP contribution in [-0.4, -0.2) is 163 Å². The summed E-state index contributed by atoms with van der Waals surface area (Å²) in [6.45, 7) is 1.86. The number of benzene rings is 4. The zero-order valence-electron chi connectivity index (χ0n) is 46.8. The van der Waals surface area contributed by atoms with Gasteiger partial charge in [0.1, 0.15) is 36.5 Å². The molecule has 16 nitrogen and oxygen atoms in total. The van der Waals surface area contributed by atoms with Crippen molar-refractivity contribution in [1.29, 1.82) is 0 Å². The number of carbonyl (C=O) groups excluding carboxylic acids is 1. The maximum absolute atomic E-state index is 15.9. The zero-order valence-corrected chi connectivity index (χ0v) is 46.8. The van der Waals surface area contributed by atoms with Crippen LogP contribution >= 0.6 is 0 Å². The van der Waals surface area contributed by atoms with E-state index in [0.717, 1.165) is 76.6 Å². The normalized spacial score (nSPS) is 21.2. The molecule has 7 atom stereocenters. The molecule has 0 spiro atoms. The molecule has 1 unspecified atom stereocenters. The van der Waals surface area contributed by atoms with E-state index in [4.69, 9.17) is 9.84 Å². The molecule has 0 saturated heterocycles.